The quantitative estimate of drug-likeness (QED) is 0.165. The third kappa shape index (κ3) is 5.14. The Morgan fingerprint density at radius 3 is 2.16 bits per heavy atom. The predicted octanol–water partition coefficient (Wildman–Crippen LogP) is 15.2. The summed E-state index contributed by atoms with van der Waals surface area (Å²) in [6.45, 7) is 0. The second kappa shape index (κ2) is 12.9. The third-order valence-electron chi connectivity index (χ3n) is 12.4. The van der Waals surface area contributed by atoms with Crippen molar-refractivity contribution >= 4 is 64.1 Å². The lowest BCUT2D eigenvalue weighted by molar-refractivity contribution is 0.673. The smallest absolute Gasteiger partial charge is 0.0726 e. The summed E-state index contributed by atoms with van der Waals surface area (Å²) in [5.41, 5.74) is 15.8. The standard InChI is InChI=1S/C55H37NS/c1-2-15-36(16-3-1)38-20-12-14-35(30-38)31-41-32-39-18-5-6-21-42(39)48-33-40(28-29-43(41)48)47-34-49-45-23-9-11-27-52(45)57-55(49)54-53(47)46-24-8-10-25-51(46)56(54)50-26-13-19-37-17-4-7-22-44(37)50/h1-30,33-34,41H,31-32H2. The lowest BCUT2D eigenvalue weighted by Crippen LogP contribution is -2.14. The van der Waals surface area contributed by atoms with Crippen molar-refractivity contribution < 1.29 is 0 Å². The average molecular weight is 744 g/mol. The molecule has 0 aliphatic heterocycles. The first-order valence-electron chi connectivity index (χ1n) is 20.0. The van der Waals surface area contributed by atoms with Gasteiger partial charge in [-0.05, 0) is 105 Å². The number of para-hydroxylation sites is 1. The van der Waals surface area contributed by atoms with Gasteiger partial charge in [-0.3, -0.25) is 0 Å². The van der Waals surface area contributed by atoms with Crippen molar-refractivity contribution in [3.05, 3.63) is 211 Å². The fourth-order valence-electron chi connectivity index (χ4n) is 9.83. The molecule has 12 rings (SSSR count). The van der Waals surface area contributed by atoms with Gasteiger partial charge in [-0.25, -0.2) is 0 Å². The number of benzene rings is 9. The van der Waals surface area contributed by atoms with E-state index in [-0.39, 0.29) is 0 Å². The highest BCUT2D eigenvalue weighted by Crippen LogP contribution is 2.49. The average Bonchev–Trinajstić information content (AvgIpc) is 3.82. The molecule has 1 nitrogen and oxygen atoms in total. The zero-order chi connectivity index (χ0) is 37.5. The first-order chi connectivity index (χ1) is 28.3. The highest BCUT2D eigenvalue weighted by molar-refractivity contribution is 7.26. The van der Waals surface area contributed by atoms with E-state index in [9.17, 15) is 0 Å². The zero-order valence-electron chi connectivity index (χ0n) is 31.3. The number of rotatable bonds is 5. The van der Waals surface area contributed by atoms with Crippen molar-refractivity contribution in [2.45, 2.75) is 18.8 Å². The van der Waals surface area contributed by atoms with Gasteiger partial charge < -0.3 is 4.57 Å². The van der Waals surface area contributed by atoms with E-state index >= 15 is 0 Å². The first kappa shape index (κ1) is 32.5. The molecule has 2 aromatic heterocycles. The topological polar surface area (TPSA) is 4.93 Å². The van der Waals surface area contributed by atoms with E-state index in [1.165, 1.54) is 109 Å². The summed E-state index contributed by atoms with van der Waals surface area (Å²) in [6.07, 6.45) is 2.03. The molecule has 268 valence electrons. The van der Waals surface area contributed by atoms with Crippen molar-refractivity contribution in [3.63, 3.8) is 0 Å². The van der Waals surface area contributed by atoms with Crippen LogP contribution in [-0.4, -0.2) is 4.57 Å². The maximum atomic E-state index is 2.56. The van der Waals surface area contributed by atoms with Gasteiger partial charge in [0.2, 0.25) is 0 Å². The molecule has 1 aliphatic rings. The van der Waals surface area contributed by atoms with Gasteiger partial charge >= 0.3 is 0 Å². The molecular weight excluding hydrogens is 707 g/mol. The molecule has 0 bridgehead atoms. The normalized spacial score (nSPS) is 13.8. The molecule has 0 radical (unpaired) electrons. The van der Waals surface area contributed by atoms with Crippen molar-refractivity contribution in [3.8, 4) is 39.1 Å². The Bertz CT molecular complexity index is 3360. The van der Waals surface area contributed by atoms with Gasteiger partial charge in [0.25, 0.3) is 0 Å². The number of fused-ring (bicyclic) bond motifs is 11. The molecular formula is C55H37NS. The molecule has 0 saturated carbocycles. The van der Waals surface area contributed by atoms with Gasteiger partial charge in [0, 0.05) is 31.6 Å². The van der Waals surface area contributed by atoms with Gasteiger partial charge in [-0.15, -0.1) is 11.3 Å². The number of thiophene rings is 1. The van der Waals surface area contributed by atoms with Crippen molar-refractivity contribution in [2.24, 2.45) is 0 Å². The molecule has 1 atom stereocenters. The largest absolute Gasteiger partial charge is 0.307 e. The van der Waals surface area contributed by atoms with E-state index in [4.69, 9.17) is 0 Å². The van der Waals surface area contributed by atoms with Crippen molar-refractivity contribution in [2.75, 3.05) is 0 Å². The Morgan fingerprint density at radius 2 is 1.23 bits per heavy atom. The molecule has 0 fully saturated rings. The Morgan fingerprint density at radius 1 is 0.491 bits per heavy atom. The Kier molecular flexibility index (Phi) is 7.36. The first-order valence-corrected chi connectivity index (χ1v) is 20.8. The lowest BCUT2D eigenvalue weighted by Gasteiger charge is -2.29. The molecule has 9 aromatic carbocycles. The molecule has 1 unspecified atom stereocenters. The van der Waals surface area contributed by atoms with Crippen molar-refractivity contribution in [1.29, 1.82) is 0 Å². The summed E-state index contributed by atoms with van der Waals surface area (Å²) in [5, 5.41) is 7.74. The van der Waals surface area contributed by atoms with E-state index in [2.05, 4.69) is 199 Å². The van der Waals surface area contributed by atoms with Crippen LogP contribution < -0.4 is 0 Å². The van der Waals surface area contributed by atoms with Crippen LogP contribution in [0, 0.1) is 0 Å². The summed E-state index contributed by atoms with van der Waals surface area (Å²) in [7, 11) is 0. The molecule has 0 spiro atoms. The molecule has 57 heavy (non-hydrogen) atoms. The van der Waals surface area contributed by atoms with Crippen LogP contribution in [0.1, 0.15) is 22.6 Å². The SMILES string of the molecule is c1ccc(-c2cccc(CC3Cc4ccccc4-c4cc(-c5cc6c7ccccc7sc6c6c5c5ccccc5n6-c5cccc6ccccc56)ccc43)c2)cc1. The van der Waals surface area contributed by atoms with Crippen LogP contribution in [0.3, 0.4) is 0 Å². The fraction of sp³-hybridized carbons (Fsp3) is 0.0545. The monoisotopic (exact) mass is 743 g/mol. The molecule has 0 N–H and O–H groups in total. The number of hydrogen-bond acceptors (Lipinski definition) is 1. The Labute approximate surface area is 335 Å². The lowest BCUT2D eigenvalue weighted by atomic mass is 9.75. The molecule has 0 amide bonds. The van der Waals surface area contributed by atoms with E-state index in [1.54, 1.807) is 0 Å². The van der Waals surface area contributed by atoms with E-state index in [0.717, 1.165) is 12.8 Å². The summed E-state index contributed by atoms with van der Waals surface area (Å²) in [4.78, 5) is 0. The van der Waals surface area contributed by atoms with Gasteiger partial charge in [0.15, 0.2) is 0 Å². The van der Waals surface area contributed by atoms with Crippen LogP contribution in [0.5, 0.6) is 0 Å². The fourth-order valence-corrected chi connectivity index (χ4v) is 11.1. The van der Waals surface area contributed by atoms with Crippen LogP contribution in [0.2, 0.25) is 0 Å². The summed E-state index contributed by atoms with van der Waals surface area (Å²) < 4.78 is 5.21. The molecule has 1 aliphatic carbocycles. The molecule has 0 saturated heterocycles. The molecule has 2 heteroatoms. The molecule has 11 aromatic rings. The number of nitrogens with zero attached hydrogens (tertiary/aromatic N) is 1. The summed E-state index contributed by atoms with van der Waals surface area (Å²) in [5.74, 6) is 0.381. The second-order valence-corrected chi connectivity index (χ2v) is 16.7. The van der Waals surface area contributed by atoms with Crippen LogP contribution in [0.4, 0.5) is 0 Å². The van der Waals surface area contributed by atoms with Gasteiger partial charge in [0.05, 0.1) is 21.4 Å². The van der Waals surface area contributed by atoms with Gasteiger partial charge in [-0.2, -0.15) is 0 Å². The number of aromatic nitrogens is 1. The van der Waals surface area contributed by atoms with Gasteiger partial charge in [-0.1, -0.05) is 164 Å². The summed E-state index contributed by atoms with van der Waals surface area (Å²) in [6, 6.07) is 72.4. The predicted molar refractivity (Wildman–Crippen MR) is 244 cm³/mol. The number of hydrogen-bond donors (Lipinski definition) is 0. The Balaban J connectivity index is 1.10. The molecule has 2 heterocycles. The van der Waals surface area contributed by atoms with Crippen LogP contribution in [-0.2, 0) is 12.8 Å². The summed E-state index contributed by atoms with van der Waals surface area (Å²) >= 11 is 1.92. The minimum absolute atomic E-state index is 0.381. The maximum absolute atomic E-state index is 2.56. The maximum Gasteiger partial charge on any atom is 0.0726 e. The van der Waals surface area contributed by atoms with E-state index < -0.39 is 0 Å². The highest BCUT2D eigenvalue weighted by Gasteiger charge is 2.27. The zero-order valence-corrected chi connectivity index (χ0v) is 32.1. The minimum atomic E-state index is 0.381. The van der Waals surface area contributed by atoms with Gasteiger partial charge in [0.1, 0.15) is 0 Å². The van der Waals surface area contributed by atoms with Crippen LogP contribution >= 0.6 is 11.3 Å². The van der Waals surface area contributed by atoms with E-state index in [1.807, 2.05) is 11.3 Å². The minimum Gasteiger partial charge on any atom is -0.307 e. The second-order valence-electron chi connectivity index (χ2n) is 15.6. The van der Waals surface area contributed by atoms with Crippen LogP contribution in [0.15, 0.2) is 194 Å². The Hall–Kier alpha value is -6.74. The van der Waals surface area contributed by atoms with E-state index in [0.29, 0.717) is 5.92 Å². The highest BCUT2D eigenvalue weighted by atomic mass is 32.1. The van der Waals surface area contributed by atoms with Crippen LogP contribution in [0.25, 0.3) is 91.8 Å². The third-order valence-corrected chi connectivity index (χ3v) is 13.6. The van der Waals surface area contributed by atoms with Crippen molar-refractivity contribution in [1.82, 2.24) is 4.57 Å².